The summed E-state index contributed by atoms with van der Waals surface area (Å²) >= 11 is 7.77. The van der Waals surface area contributed by atoms with Gasteiger partial charge in [-0.2, -0.15) is 0 Å². The second-order valence-electron chi connectivity index (χ2n) is 4.78. The van der Waals surface area contributed by atoms with Gasteiger partial charge in [0.1, 0.15) is 12.4 Å². The molecule has 0 spiro atoms. The topological polar surface area (TPSA) is 49.2 Å². The molecule has 1 aromatic carbocycles. The summed E-state index contributed by atoms with van der Waals surface area (Å²) in [6.07, 6.45) is 1.06. The second kappa shape index (κ2) is 6.68. The summed E-state index contributed by atoms with van der Waals surface area (Å²) in [5.74, 6) is 1.43. The van der Waals surface area contributed by atoms with Crippen molar-refractivity contribution in [3.8, 4) is 5.75 Å². The van der Waals surface area contributed by atoms with Crippen molar-refractivity contribution in [2.75, 3.05) is 13.2 Å². The molecule has 21 heavy (non-hydrogen) atoms. The van der Waals surface area contributed by atoms with Crippen molar-refractivity contribution in [3.05, 3.63) is 35.1 Å². The average molecular weight is 326 g/mol. The van der Waals surface area contributed by atoms with E-state index in [-0.39, 0.29) is 0 Å². The van der Waals surface area contributed by atoms with Gasteiger partial charge in [-0.3, -0.25) is 0 Å². The predicted octanol–water partition coefficient (Wildman–Crippen LogP) is 2.93. The van der Waals surface area contributed by atoms with Gasteiger partial charge in [-0.15, -0.1) is 10.2 Å². The molecule has 5 nitrogen and oxygen atoms in total. The number of thioether (sulfide) groups is 1. The number of halogens is 1. The molecule has 0 N–H and O–H groups in total. The quantitative estimate of drug-likeness (QED) is 0.846. The number of hydrogen-bond acceptors (Lipinski definition) is 5. The summed E-state index contributed by atoms with van der Waals surface area (Å²) < 4.78 is 13.0. The molecule has 0 aliphatic carbocycles. The molecule has 2 heterocycles. The first-order chi connectivity index (χ1) is 10.2. The molecule has 1 aromatic heterocycles. The third-order valence-corrected chi connectivity index (χ3v) is 4.86. The highest BCUT2D eigenvalue weighted by molar-refractivity contribution is 7.99. The van der Waals surface area contributed by atoms with Crippen LogP contribution in [0.2, 0.25) is 5.02 Å². The molecule has 112 valence electrons. The van der Waals surface area contributed by atoms with Gasteiger partial charge in [-0.05, 0) is 18.6 Å². The van der Waals surface area contributed by atoms with Crippen molar-refractivity contribution in [2.45, 2.75) is 23.4 Å². The smallest absolute Gasteiger partial charge is 0.191 e. The minimum absolute atomic E-state index is 0.342. The van der Waals surface area contributed by atoms with Crippen LogP contribution in [0.4, 0.5) is 0 Å². The zero-order valence-electron chi connectivity index (χ0n) is 11.7. The number of hydrogen-bond donors (Lipinski definition) is 0. The van der Waals surface area contributed by atoms with Crippen molar-refractivity contribution in [1.29, 1.82) is 0 Å². The fraction of sp³-hybridized carbons (Fsp3) is 0.429. The Morgan fingerprint density at radius 3 is 3.05 bits per heavy atom. The van der Waals surface area contributed by atoms with E-state index in [1.54, 1.807) is 17.8 Å². The van der Waals surface area contributed by atoms with E-state index < -0.39 is 0 Å². The zero-order chi connectivity index (χ0) is 14.7. The molecule has 0 saturated carbocycles. The number of rotatable bonds is 5. The summed E-state index contributed by atoms with van der Waals surface area (Å²) in [7, 11) is 1.95. The number of ether oxygens (including phenoxy) is 2. The Balaban J connectivity index is 1.63. The normalized spacial score (nSPS) is 18.1. The van der Waals surface area contributed by atoms with Crippen molar-refractivity contribution in [3.63, 3.8) is 0 Å². The molecule has 1 aliphatic rings. The van der Waals surface area contributed by atoms with Gasteiger partial charge in [-0.25, -0.2) is 0 Å². The third kappa shape index (κ3) is 3.51. The van der Waals surface area contributed by atoms with Gasteiger partial charge in [0.25, 0.3) is 0 Å². The lowest BCUT2D eigenvalue weighted by Gasteiger charge is -2.09. The van der Waals surface area contributed by atoms with Crippen LogP contribution in [0.3, 0.4) is 0 Å². The lowest BCUT2D eigenvalue weighted by molar-refractivity contribution is 0.199. The Morgan fingerprint density at radius 2 is 2.29 bits per heavy atom. The van der Waals surface area contributed by atoms with E-state index >= 15 is 0 Å². The number of para-hydroxylation sites is 1. The molecule has 1 atom stereocenters. The molecule has 3 rings (SSSR count). The molecule has 1 fully saturated rings. The molecule has 0 radical (unpaired) electrons. The SMILES string of the molecule is Cn1c(COc2ccccc2Cl)nnc1S[C@@H]1CCOC1. The van der Waals surface area contributed by atoms with Crippen LogP contribution in [0.15, 0.2) is 29.4 Å². The summed E-state index contributed by atoms with van der Waals surface area (Å²) in [5, 5.41) is 10.4. The molecule has 0 bridgehead atoms. The van der Waals surface area contributed by atoms with Gasteiger partial charge < -0.3 is 14.0 Å². The fourth-order valence-corrected chi connectivity index (χ4v) is 3.25. The van der Waals surface area contributed by atoms with Crippen LogP contribution in [0.25, 0.3) is 0 Å². The Morgan fingerprint density at radius 1 is 1.43 bits per heavy atom. The monoisotopic (exact) mass is 325 g/mol. The maximum atomic E-state index is 6.06. The summed E-state index contributed by atoms with van der Waals surface area (Å²) in [4.78, 5) is 0. The summed E-state index contributed by atoms with van der Waals surface area (Å²) in [5.41, 5.74) is 0. The van der Waals surface area contributed by atoms with Crippen molar-refractivity contribution >= 4 is 23.4 Å². The van der Waals surface area contributed by atoms with E-state index in [1.807, 2.05) is 29.8 Å². The highest BCUT2D eigenvalue weighted by Crippen LogP contribution is 2.28. The molecular weight excluding hydrogens is 310 g/mol. The molecule has 2 aromatic rings. The first kappa shape index (κ1) is 14.7. The van der Waals surface area contributed by atoms with Gasteiger partial charge in [0, 0.05) is 18.9 Å². The van der Waals surface area contributed by atoms with Crippen LogP contribution in [0, 0.1) is 0 Å². The van der Waals surface area contributed by atoms with Crippen LogP contribution in [-0.2, 0) is 18.4 Å². The van der Waals surface area contributed by atoms with Crippen molar-refractivity contribution in [2.24, 2.45) is 7.05 Å². The lowest BCUT2D eigenvalue weighted by atomic mass is 10.3. The largest absolute Gasteiger partial charge is 0.484 e. The van der Waals surface area contributed by atoms with E-state index in [1.165, 1.54) is 0 Å². The van der Waals surface area contributed by atoms with E-state index in [2.05, 4.69) is 10.2 Å². The maximum absolute atomic E-state index is 6.06. The second-order valence-corrected chi connectivity index (χ2v) is 6.46. The Bertz CT molecular complexity index is 614. The average Bonchev–Trinajstić information content (AvgIpc) is 3.11. The molecular formula is C14H16ClN3O2S. The number of nitrogens with zero attached hydrogens (tertiary/aromatic N) is 3. The predicted molar refractivity (Wildman–Crippen MR) is 81.9 cm³/mol. The van der Waals surface area contributed by atoms with Gasteiger partial charge in [0.2, 0.25) is 0 Å². The van der Waals surface area contributed by atoms with Crippen LogP contribution >= 0.6 is 23.4 Å². The highest BCUT2D eigenvalue weighted by atomic mass is 35.5. The van der Waals surface area contributed by atoms with Crippen molar-refractivity contribution < 1.29 is 9.47 Å². The van der Waals surface area contributed by atoms with Gasteiger partial charge in [-0.1, -0.05) is 35.5 Å². The Kier molecular flexibility index (Phi) is 4.67. The maximum Gasteiger partial charge on any atom is 0.191 e. The van der Waals surface area contributed by atoms with E-state index in [4.69, 9.17) is 21.1 Å². The molecule has 7 heteroatoms. The first-order valence-electron chi connectivity index (χ1n) is 6.74. The van der Waals surface area contributed by atoms with Gasteiger partial charge >= 0.3 is 0 Å². The van der Waals surface area contributed by atoms with Gasteiger partial charge in [0.05, 0.1) is 11.6 Å². The summed E-state index contributed by atoms with van der Waals surface area (Å²) in [6, 6.07) is 7.40. The standard InChI is InChI=1S/C14H16ClN3O2S/c1-18-13(9-20-12-5-3-2-4-11(12)15)16-17-14(18)21-10-6-7-19-8-10/h2-5,10H,6-9H2,1H3/t10-/m1/s1. The highest BCUT2D eigenvalue weighted by Gasteiger charge is 2.20. The molecule has 0 amide bonds. The Hall–Kier alpha value is -1.24. The number of aromatic nitrogens is 3. The van der Waals surface area contributed by atoms with E-state index in [0.29, 0.717) is 22.6 Å². The van der Waals surface area contributed by atoms with E-state index in [9.17, 15) is 0 Å². The van der Waals surface area contributed by atoms with Crippen LogP contribution < -0.4 is 4.74 Å². The Labute approximate surface area is 132 Å². The molecule has 1 aliphatic heterocycles. The first-order valence-corrected chi connectivity index (χ1v) is 8.00. The third-order valence-electron chi connectivity index (χ3n) is 3.28. The van der Waals surface area contributed by atoms with Crippen LogP contribution in [0.1, 0.15) is 12.2 Å². The van der Waals surface area contributed by atoms with Crippen LogP contribution in [-0.4, -0.2) is 33.2 Å². The molecule has 0 unspecified atom stereocenters. The minimum Gasteiger partial charge on any atom is -0.484 e. The fourth-order valence-electron chi connectivity index (χ4n) is 2.03. The lowest BCUT2D eigenvalue weighted by Crippen LogP contribution is -2.06. The zero-order valence-corrected chi connectivity index (χ0v) is 13.2. The van der Waals surface area contributed by atoms with Gasteiger partial charge in [0.15, 0.2) is 11.0 Å². The minimum atomic E-state index is 0.342. The molecule has 1 saturated heterocycles. The summed E-state index contributed by atoms with van der Waals surface area (Å²) in [6.45, 7) is 1.95. The van der Waals surface area contributed by atoms with Crippen LogP contribution in [0.5, 0.6) is 5.75 Å². The van der Waals surface area contributed by atoms with Crippen molar-refractivity contribution in [1.82, 2.24) is 14.8 Å². The number of benzene rings is 1. The van der Waals surface area contributed by atoms with E-state index in [0.717, 1.165) is 30.6 Å².